The van der Waals surface area contributed by atoms with Gasteiger partial charge in [0.15, 0.2) is 0 Å². The molecule has 1 aliphatic heterocycles. The zero-order valence-corrected chi connectivity index (χ0v) is 8.66. The van der Waals surface area contributed by atoms with Gasteiger partial charge < -0.3 is 5.73 Å². The Morgan fingerprint density at radius 1 is 1.54 bits per heavy atom. The van der Waals surface area contributed by atoms with Crippen molar-refractivity contribution in [3.63, 3.8) is 0 Å². The minimum Gasteiger partial charge on any atom is -0.328 e. The second-order valence-corrected chi connectivity index (χ2v) is 4.10. The topological polar surface area (TPSA) is 29.3 Å². The molecule has 1 aliphatic rings. The van der Waals surface area contributed by atoms with Crippen molar-refractivity contribution in [1.29, 1.82) is 0 Å². The summed E-state index contributed by atoms with van der Waals surface area (Å²) in [6.45, 7) is 6.38. The standard InChI is InChI=1S/C11H20N2/c1-4-9(2)13-7-5-6-11(8-13)10(3)12/h1,9-11H,5-8,12H2,2-3H3. The molecular formula is C11H20N2. The van der Waals surface area contributed by atoms with Crippen LogP contribution in [0.25, 0.3) is 0 Å². The van der Waals surface area contributed by atoms with Crippen molar-refractivity contribution in [2.75, 3.05) is 13.1 Å². The zero-order chi connectivity index (χ0) is 9.84. The highest BCUT2D eigenvalue weighted by molar-refractivity contribution is 4.98. The molecule has 1 rings (SSSR count). The normalized spacial score (nSPS) is 29.2. The second-order valence-electron chi connectivity index (χ2n) is 4.10. The van der Waals surface area contributed by atoms with E-state index >= 15 is 0 Å². The van der Waals surface area contributed by atoms with Gasteiger partial charge in [0.25, 0.3) is 0 Å². The predicted octanol–water partition coefficient (Wildman–Crippen LogP) is 1.07. The minimum absolute atomic E-state index is 0.265. The summed E-state index contributed by atoms with van der Waals surface area (Å²) in [6.07, 6.45) is 7.89. The van der Waals surface area contributed by atoms with Crippen molar-refractivity contribution >= 4 is 0 Å². The molecule has 0 aromatic heterocycles. The molecule has 3 unspecified atom stereocenters. The van der Waals surface area contributed by atoms with Gasteiger partial charge in [-0.2, -0.15) is 0 Å². The van der Waals surface area contributed by atoms with Crippen LogP contribution in [0.5, 0.6) is 0 Å². The van der Waals surface area contributed by atoms with Crippen molar-refractivity contribution in [3.05, 3.63) is 0 Å². The number of nitrogens with zero attached hydrogens (tertiary/aromatic N) is 1. The van der Waals surface area contributed by atoms with Crippen molar-refractivity contribution in [3.8, 4) is 12.3 Å². The second kappa shape index (κ2) is 4.64. The average molecular weight is 180 g/mol. The molecule has 0 aromatic carbocycles. The highest BCUT2D eigenvalue weighted by Gasteiger charge is 2.24. The van der Waals surface area contributed by atoms with Crippen molar-refractivity contribution in [1.82, 2.24) is 4.90 Å². The lowest BCUT2D eigenvalue weighted by Crippen LogP contribution is -2.45. The first-order valence-corrected chi connectivity index (χ1v) is 5.11. The number of rotatable bonds is 2. The molecule has 74 valence electrons. The Hall–Kier alpha value is -0.520. The first-order valence-electron chi connectivity index (χ1n) is 5.11. The maximum absolute atomic E-state index is 5.89. The van der Waals surface area contributed by atoms with Crippen LogP contribution >= 0.6 is 0 Å². The molecule has 1 heterocycles. The van der Waals surface area contributed by atoms with Crippen LogP contribution in [0.15, 0.2) is 0 Å². The molecule has 0 aromatic rings. The summed E-state index contributed by atoms with van der Waals surface area (Å²) >= 11 is 0. The Morgan fingerprint density at radius 2 is 2.23 bits per heavy atom. The Balaban J connectivity index is 2.47. The van der Waals surface area contributed by atoms with E-state index in [0.717, 1.165) is 13.1 Å². The van der Waals surface area contributed by atoms with E-state index in [9.17, 15) is 0 Å². The third-order valence-corrected chi connectivity index (χ3v) is 3.02. The molecular weight excluding hydrogens is 160 g/mol. The number of nitrogens with two attached hydrogens (primary N) is 1. The van der Waals surface area contributed by atoms with E-state index < -0.39 is 0 Å². The van der Waals surface area contributed by atoms with Gasteiger partial charge in [-0.05, 0) is 39.2 Å². The number of likely N-dealkylation sites (tertiary alicyclic amines) is 1. The minimum atomic E-state index is 0.265. The van der Waals surface area contributed by atoms with Gasteiger partial charge in [0.1, 0.15) is 0 Å². The summed E-state index contributed by atoms with van der Waals surface area (Å²) in [7, 11) is 0. The lowest BCUT2D eigenvalue weighted by Gasteiger charge is -2.36. The molecule has 0 saturated carbocycles. The van der Waals surface area contributed by atoms with Gasteiger partial charge in [0, 0.05) is 12.6 Å². The maximum Gasteiger partial charge on any atom is 0.0683 e. The Morgan fingerprint density at radius 3 is 2.77 bits per heavy atom. The molecule has 0 spiro atoms. The average Bonchev–Trinajstić information content (AvgIpc) is 2.17. The summed E-state index contributed by atoms with van der Waals surface area (Å²) < 4.78 is 0. The lowest BCUT2D eigenvalue weighted by atomic mass is 9.91. The van der Waals surface area contributed by atoms with E-state index in [-0.39, 0.29) is 6.04 Å². The van der Waals surface area contributed by atoms with Crippen LogP contribution < -0.4 is 5.73 Å². The van der Waals surface area contributed by atoms with Crippen LogP contribution in [0.1, 0.15) is 26.7 Å². The predicted molar refractivity (Wildman–Crippen MR) is 56.2 cm³/mol. The summed E-state index contributed by atoms with van der Waals surface area (Å²) in [6, 6.07) is 0.564. The Labute approximate surface area is 81.5 Å². The van der Waals surface area contributed by atoms with Crippen LogP contribution in [0, 0.1) is 18.3 Å². The number of piperidine rings is 1. The fourth-order valence-corrected chi connectivity index (χ4v) is 1.93. The largest absolute Gasteiger partial charge is 0.328 e. The molecule has 1 fully saturated rings. The first kappa shape index (κ1) is 10.6. The van der Waals surface area contributed by atoms with Gasteiger partial charge in [0.05, 0.1) is 6.04 Å². The van der Waals surface area contributed by atoms with Crippen LogP contribution in [0.3, 0.4) is 0 Å². The zero-order valence-electron chi connectivity index (χ0n) is 8.66. The smallest absolute Gasteiger partial charge is 0.0683 e. The van der Waals surface area contributed by atoms with Gasteiger partial charge >= 0.3 is 0 Å². The van der Waals surface area contributed by atoms with Crippen LogP contribution in [-0.2, 0) is 0 Å². The molecule has 1 saturated heterocycles. The first-order chi connectivity index (χ1) is 6.15. The van der Waals surface area contributed by atoms with Crippen LogP contribution in [0.4, 0.5) is 0 Å². The molecule has 0 aliphatic carbocycles. The Bertz CT molecular complexity index is 193. The van der Waals surface area contributed by atoms with Crippen molar-refractivity contribution < 1.29 is 0 Å². The molecule has 0 bridgehead atoms. The highest BCUT2D eigenvalue weighted by atomic mass is 15.2. The van der Waals surface area contributed by atoms with Gasteiger partial charge in [-0.3, -0.25) is 4.90 Å². The summed E-state index contributed by atoms with van der Waals surface area (Å²) in [4.78, 5) is 2.36. The third-order valence-electron chi connectivity index (χ3n) is 3.02. The number of hydrogen-bond donors (Lipinski definition) is 1. The van der Waals surface area contributed by atoms with Crippen molar-refractivity contribution in [2.24, 2.45) is 11.7 Å². The summed E-state index contributed by atoms with van der Waals surface area (Å²) in [5.74, 6) is 3.41. The molecule has 2 nitrogen and oxygen atoms in total. The molecule has 0 radical (unpaired) electrons. The molecule has 2 heteroatoms. The number of terminal acetylenes is 1. The lowest BCUT2D eigenvalue weighted by molar-refractivity contribution is 0.144. The van der Waals surface area contributed by atoms with E-state index in [1.807, 2.05) is 0 Å². The van der Waals surface area contributed by atoms with Crippen LogP contribution in [0.2, 0.25) is 0 Å². The highest BCUT2D eigenvalue weighted by Crippen LogP contribution is 2.20. The van der Waals surface area contributed by atoms with E-state index in [4.69, 9.17) is 12.2 Å². The third kappa shape index (κ3) is 2.72. The van der Waals surface area contributed by atoms with E-state index in [1.165, 1.54) is 12.8 Å². The molecule has 0 amide bonds. The monoisotopic (exact) mass is 180 g/mol. The summed E-state index contributed by atoms with van der Waals surface area (Å²) in [5, 5.41) is 0. The van der Waals surface area contributed by atoms with E-state index in [0.29, 0.717) is 12.0 Å². The fourth-order valence-electron chi connectivity index (χ4n) is 1.93. The van der Waals surface area contributed by atoms with Crippen molar-refractivity contribution in [2.45, 2.75) is 38.8 Å². The van der Waals surface area contributed by atoms with E-state index in [1.54, 1.807) is 0 Å². The fraction of sp³-hybridized carbons (Fsp3) is 0.818. The Kier molecular flexibility index (Phi) is 3.77. The molecule has 13 heavy (non-hydrogen) atoms. The maximum atomic E-state index is 5.89. The molecule has 2 N–H and O–H groups in total. The number of hydrogen-bond acceptors (Lipinski definition) is 2. The van der Waals surface area contributed by atoms with Gasteiger partial charge in [-0.15, -0.1) is 6.42 Å². The van der Waals surface area contributed by atoms with Gasteiger partial charge in [0.2, 0.25) is 0 Å². The quantitative estimate of drug-likeness (QED) is 0.644. The van der Waals surface area contributed by atoms with E-state index in [2.05, 4.69) is 24.7 Å². The SMILES string of the molecule is C#CC(C)N1CCCC(C(C)N)C1. The van der Waals surface area contributed by atoms with Crippen LogP contribution in [-0.4, -0.2) is 30.1 Å². The van der Waals surface area contributed by atoms with Gasteiger partial charge in [-0.25, -0.2) is 0 Å². The van der Waals surface area contributed by atoms with Gasteiger partial charge in [-0.1, -0.05) is 5.92 Å². The molecule has 3 atom stereocenters. The summed E-state index contributed by atoms with van der Waals surface area (Å²) in [5.41, 5.74) is 5.89.